The quantitative estimate of drug-likeness (QED) is 0.575. The molecular weight excluding hydrogens is 218 g/mol. The molecule has 1 nitrogen and oxygen atoms in total. The van der Waals surface area contributed by atoms with E-state index in [2.05, 4.69) is 4.90 Å². The molecule has 1 heteroatoms. The van der Waals surface area contributed by atoms with Gasteiger partial charge in [-0.15, -0.1) is 0 Å². The Kier molecular flexibility index (Phi) is 7.15. The summed E-state index contributed by atoms with van der Waals surface area (Å²) in [4.78, 5) is 2.69. The molecule has 1 saturated carbocycles. The Hall–Kier alpha value is -0.0400. The lowest BCUT2D eigenvalue weighted by molar-refractivity contribution is 0.223. The molecule has 0 aromatic rings. The summed E-state index contributed by atoms with van der Waals surface area (Å²) in [6, 6.07) is 0. The molecule has 2 rings (SSSR count). The number of likely N-dealkylation sites (tertiary alicyclic amines) is 1. The van der Waals surface area contributed by atoms with Crippen LogP contribution in [0, 0.1) is 5.92 Å². The summed E-state index contributed by atoms with van der Waals surface area (Å²) >= 11 is 0. The SMILES string of the molecule is C(CCCN1CCCCC1)CCC1CCCCC1. The zero-order chi connectivity index (χ0) is 12.5. The molecule has 106 valence electrons. The van der Waals surface area contributed by atoms with Gasteiger partial charge in [-0.3, -0.25) is 0 Å². The van der Waals surface area contributed by atoms with Crippen LogP contribution in [0.2, 0.25) is 0 Å². The van der Waals surface area contributed by atoms with E-state index in [0.29, 0.717) is 0 Å². The van der Waals surface area contributed by atoms with Crippen molar-refractivity contribution >= 4 is 0 Å². The molecule has 0 unspecified atom stereocenters. The van der Waals surface area contributed by atoms with E-state index in [4.69, 9.17) is 0 Å². The van der Waals surface area contributed by atoms with Crippen molar-refractivity contribution in [1.82, 2.24) is 4.90 Å². The molecule has 1 heterocycles. The first-order valence-corrected chi connectivity index (χ1v) is 8.67. The van der Waals surface area contributed by atoms with Crippen LogP contribution in [0.4, 0.5) is 0 Å². The van der Waals surface area contributed by atoms with Crippen LogP contribution in [0.5, 0.6) is 0 Å². The van der Waals surface area contributed by atoms with Gasteiger partial charge in [0.25, 0.3) is 0 Å². The highest BCUT2D eigenvalue weighted by Gasteiger charge is 2.12. The Balaban J connectivity index is 1.39. The van der Waals surface area contributed by atoms with Crippen LogP contribution >= 0.6 is 0 Å². The summed E-state index contributed by atoms with van der Waals surface area (Å²) in [5.74, 6) is 1.10. The summed E-state index contributed by atoms with van der Waals surface area (Å²) in [6.45, 7) is 4.13. The van der Waals surface area contributed by atoms with E-state index < -0.39 is 0 Å². The van der Waals surface area contributed by atoms with Gasteiger partial charge in [0.1, 0.15) is 0 Å². The lowest BCUT2D eigenvalue weighted by atomic mass is 9.85. The first kappa shape index (κ1) is 14.4. The normalized spacial score (nSPS) is 23.3. The molecule has 18 heavy (non-hydrogen) atoms. The highest BCUT2D eigenvalue weighted by atomic mass is 15.1. The zero-order valence-electron chi connectivity index (χ0n) is 12.3. The van der Waals surface area contributed by atoms with Crippen LogP contribution in [0.3, 0.4) is 0 Å². The number of rotatable bonds is 7. The highest BCUT2D eigenvalue weighted by molar-refractivity contribution is 4.66. The van der Waals surface area contributed by atoms with Crippen LogP contribution in [-0.4, -0.2) is 24.5 Å². The summed E-state index contributed by atoms with van der Waals surface area (Å²) in [7, 11) is 0. The second kappa shape index (κ2) is 8.96. The Labute approximate surface area is 114 Å². The predicted octanol–water partition coefficient (Wildman–Crippen LogP) is 5.00. The minimum absolute atomic E-state index is 1.10. The maximum Gasteiger partial charge on any atom is -0.00187 e. The van der Waals surface area contributed by atoms with Gasteiger partial charge in [-0.25, -0.2) is 0 Å². The molecule has 0 bridgehead atoms. The Bertz CT molecular complexity index is 168. The Morgan fingerprint density at radius 3 is 2.11 bits per heavy atom. The van der Waals surface area contributed by atoms with Gasteiger partial charge < -0.3 is 4.90 Å². The lowest BCUT2D eigenvalue weighted by Crippen LogP contribution is -2.30. The van der Waals surface area contributed by atoms with Gasteiger partial charge in [-0.1, -0.05) is 64.2 Å². The fourth-order valence-corrected chi connectivity index (χ4v) is 3.78. The molecule has 2 fully saturated rings. The van der Waals surface area contributed by atoms with Crippen LogP contribution in [0.25, 0.3) is 0 Å². The molecule has 0 aromatic heterocycles. The predicted molar refractivity (Wildman–Crippen MR) is 80.0 cm³/mol. The standard InChI is InChI=1S/C17H33N/c1(5-11-17-12-6-3-7-13-17)2-8-14-18-15-9-4-10-16-18/h17H,1-16H2. The van der Waals surface area contributed by atoms with Crippen molar-refractivity contribution in [1.29, 1.82) is 0 Å². The van der Waals surface area contributed by atoms with Crippen molar-refractivity contribution in [3.63, 3.8) is 0 Å². The summed E-state index contributed by atoms with van der Waals surface area (Å²) < 4.78 is 0. The largest absolute Gasteiger partial charge is 0.303 e. The maximum atomic E-state index is 2.69. The van der Waals surface area contributed by atoms with Crippen molar-refractivity contribution in [2.24, 2.45) is 5.92 Å². The van der Waals surface area contributed by atoms with Crippen LogP contribution in [-0.2, 0) is 0 Å². The van der Waals surface area contributed by atoms with Crippen molar-refractivity contribution < 1.29 is 0 Å². The van der Waals surface area contributed by atoms with E-state index in [0.717, 1.165) is 5.92 Å². The number of hydrogen-bond acceptors (Lipinski definition) is 1. The van der Waals surface area contributed by atoms with Gasteiger partial charge in [0, 0.05) is 0 Å². The Morgan fingerprint density at radius 1 is 0.667 bits per heavy atom. The summed E-state index contributed by atoms with van der Waals surface area (Å²) in [5.41, 5.74) is 0. The lowest BCUT2D eigenvalue weighted by Gasteiger charge is -2.26. The molecule has 0 atom stereocenters. The molecule has 0 spiro atoms. The molecular formula is C17H33N. The fourth-order valence-electron chi connectivity index (χ4n) is 3.78. The molecule has 0 aromatic carbocycles. The third kappa shape index (κ3) is 5.73. The summed E-state index contributed by atoms with van der Waals surface area (Å²) in [5, 5.41) is 0. The van der Waals surface area contributed by atoms with Gasteiger partial charge in [0.2, 0.25) is 0 Å². The topological polar surface area (TPSA) is 3.24 Å². The van der Waals surface area contributed by atoms with Crippen LogP contribution < -0.4 is 0 Å². The van der Waals surface area contributed by atoms with Crippen LogP contribution in [0.1, 0.15) is 83.5 Å². The van der Waals surface area contributed by atoms with Gasteiger partial charge in [-0.05, 0) is 44.8 Å². The van der Waals surface area contributed by atoms with Crippen LogP contribution in [0.15, 0.2) is 0 Å². The van der Waals surface area contributed by atoms with Crippen molar-refractivity contribution in [3.05, 3.63) is 0 Å². The maximum absolute atomic E-state index is 2.69. The third-order valence-corrected chi connectivity index (χ3v) is 5.01. The second-order valence-electron chi connectivity index (χ2n) is 6.61. The van der Waals surface area contributed by atoms with Gasteiger partial charge >= 0.3 is 0 Å². The van der Waals surface area contributed by atoms with Crippen molar-refractivity contribution in [2.75, 3.05) is 19.6 Å². The minimum Gasteiger partial charge on any atom is -0.303 e. The number of hydrogen-bond donors (Lipinski definition) is 0. The fraction of sp³-hybridized carbons (Fsp3) is 1.00. The smallest absolute Gasteiger partial charge is 0.00187 e. The van der Waals surface area contributed by atoms with E-state index in [-0.39, 0.29) is 0 Å². The molecule has 0 radical (unpaired) electrons. The van der Waals surface area contributed by atoms with E-state index in [1.54, 1.807) is 0 Å². The molecule has 2 aliphatic rings. The van der Waals surface area contributed by atoms with Gasteiger partial charge in [-0.2, -0.15) is 0 Å². The monoisotopic (exact) mass is 251 g/mol. The molecule has 0 N–H and O–H groups in total. The average molecular weight is 251 g/mol. The number of piperidine rings is 1. The number of nitrogens with zero attached hydrogens (tertiary/aromatic N) is 1. The first-order valence-electron chi connectivity index (χ1n) is 8.67. The van der Waals surface area contributed by atoms with E-state index in [1.165, 1.54) is 103 Å². The Morgan fingerprint density at radius 2 is 1.33 bits per heavy atom. The zero-order valence-corrected chi connectivity index (χ0v) is 12.3. The number of unbranched alkanes of at least 4 members (excludes halogenated alkanes) is 3. The van der Waals surface area contributed by atoms with Gasteiger partial charge in [0.15, 0.2) is 0 Å². The second-order valence-corrected chi connectivity index (χ2v) is 6.61. The first-order chi connectivity index (χ1) is 8.95. The van der Waals surface area contributed by atoms with E-state index in [9.17, 15) is 0 Å². The summed E-state index contributed by atoms with van der Waals surface area (Å²) in [6.07, 6.45) is 19.4. The molecule has 1 saturated heterocycles. The molecule has 0 amide bonds. The average Bonchev–Trinajstić information content (AvgIpc) is 2.45. The third-order valence-electron chi connectivity index (χ3n) is 5.01. The van der Waals surface area contributed by atoms with Gasteiger partial charge in [0.05, 0.1) is 0 Å². The van der Waals surface area contributed by atoms with E-state index in [1.807, 2.05) is 0 Å². The van der Waals surface area contributed by atoms with Crippen molar-refractivity contribution in [2.45, 2.75) is 83.5 Å². The minimum atomic E-state index is 1.10. The highest BCUT2D eigenvalue weighted by Crippen LogP contribution is 2.28. The molecule has 1 aliphatic carbocycles. The molecule has 1 aliphatic heterocycles. The van der Waals surface area contributed by atoms with E-state index >= 15 is 0 Å². The van der Waals surface area contributed by atoms with Crippen molar-refractivity contribution in [3.8, 4) is 0 Å².